The number of aliphatic hydroxyl groups excluding tert-OH is 1. The van der Waals surface area contributed by atoms with E-state index in [4.69, 9.17) is 0 Å². The lowest BCUT2D eigenvalue weighted by atomic mass is 10.1. The van der Waals surface area contributed by atoms with Crippen molar-refractivity contribution in [2.75, 3.05) is 17.8 Å². The average Bonchev–Trinajstić information content (AvgIpc) is 2.18. The molecule has 0 radical (unpaired) electrons. The maximum Gasteiger partial charge on any atom is 0.148 e. The topological polar surface area (TPSA) is 54.4 Å². The van der Waals surface area contributed by atoms with E-state index >= 15 is 0 Å². The van der Waals surface area contributed by atoms with E-state index in [9.17, 15) is 17.9 Å². The predicted molar refractivity (Wildman–Crippen MR) is 67.5 cm³/mol. The highest BCUT2D eigenvalue weighted by atomic mass is 32.2. The first kappa shape index (κ1) is 14.5. The third-order valence-electron chi connectivity index (χ3n) is 2.15. The van der Waals surface area contributed by atoms with Gasteiger partial charge in [-0.25, -0.2) is 12.8 Å². The molecule has 0 spiro atoms. The van der Waals surface area contributed by atoms with Crippen LogP contribution in [0.1, 0.15) is 18.6 Å². The molecule has 0 saturated carbocycles. The van der Waals surface area contributed by atoms with Crippen LogP contribution >= 0.6 is 11.8 Å². The molecule has 0 fully saturated rings. The molecule has 1 N–H and O–H groups in total. The van der Waals surface area contributed by atoms with Crippen LogP contribution in [0.15, 0.2) is 23.1 Å². The van der Waals surface area contributed by atoms with Crippen molar-refractivity contribution >= 4 is 21.6 Å². The van der Waals surface area contributed by atoms with E-state index < -0.39 is 21.8 Å². The molecular formula is C11H15FO3S2. The molecule has 3 nitrogen and oxygen atoms in total. The summed E-state index contributed by atoms with van der Waals surface area (Å²) in [4.78, 5) is 0.401. The summed E-state index contributed by atoms with van der Waals surface area (Å²) >= 11 is 1.16. The molecule has 0 amide bonds. The Morgan fingerprint density at radius 1 is 1.47 bits per heavy atom. The number of thioether (sulfide) groups is 1. The van der Waals surface area contributed by atoms with Crippen LogP contribution in [-0.4, -0.2) is 31.3 Å². The van der Waals surface area contributed by atoms with Crippen LogP contribution in [0.3, 0.4) is 0 Å². The largest absolute Gasteiger partial charge is 0.389 e. The average molecular weight is 278 g/mol. The molecule has 1 aromatic carbocycles. The summed E-state index contributed by atoms with van der Waals surface area (Å²) < 4.78 is 35.4. The molecule has 17 heavy (non-hydrogen) atoms. The smallest absolute Gasteiger partial charge is 0.148 e. The lowest BCUT2D eigenvalue weighted by Gasteiger charge is -2.07. The first-order valence-corrected chi connectivity index (χ1v) is 8.12. The third-order valence-corrected chi connectivity index (χ3v) is 4.40. The number of halogens is 1. The molecular weight excluding hydrogens is 263 g/mol. The van der Waals surface area contributed by atoms with Crippen molar-refractivity contribution in [1.82, 2.24) is 0 Å². The van der Waals surface area contributed by atoms with Gasteiger partial charge in [0.2, 0.25) is 0 Å². The van der Waals surface area contributed by atoms with Crippen molar-refractivity contribution in [2.45, 2.75) is 17.9 Å². The summed E-state index contributed by atoms with van der Waals surface area (Å²) in [5.41, 5.74) is 0.509. The Labute approximate surface area is 105 Å². The molecule has 96 valence electrons. The zero-order valence-corrected chi connectivity index (χ0v) is 11.3. The molecule has 1 aromatic rings. The Bertz CT molecular complexity index is 483. The fourth-order valence-electron chi connectivity index (χ4n) is 1.20. The van der Waals surface area contributed by atoms with E-state index in [0.717, 1.165) is 18.0 Å². The molecule has 1 atom stereocenters. The van der Waals surface area contributed by atoms with Crippen molar-refractivity contribution in [1.29, 1.82) is 0 Å². The van der Waals surface area contributed by atoms with Gasteiger partial charge in [-0.1, -0.05) is 6.07 Å². The van der Waals surface area contributed by atoms with Gasteiger partial charge in [-0.2, -0.15) is 0 Å². The number of benzene rings is 1. The van der Waals surface area contributed by atoms with Gasteiger partial charge in [0, 0.05) is 16.9 Å². The maximum absolute atomic E-state index is 13.5. The van der Waals surface area contributed by atoms with Crippen molar-refractivity contribution in [3.63, 3.8) is 0 Å². The number of aliphatic hydroxyl groups is 1. The van der Waals surface area contributed by atoms with Crippen molar-refractivity contribution in [3.05, 3.63) is 29.6 Å². The second-order valence-electron chi connectivity index (χ2n) is 3.84. The highest BCUT2D eigenvalue weighted by molar-refractivity contribution is 8.00. The van der Waals surface area contributed by atoms with Crippen LogP contribution in [0.5, 0.6) is 0 Å². The molecule has 1 unspecified atom stereocenters. The first-order chi connectivity index (χ1) is 7.79. The van der Waals surface area contributed by atoms with E-state index in [1.807, 2.05) is 0 Å². The van der Waals surface area contributed by atoms with Gasteiger partial charge in [-0.05, 0) is 24.6 Å². The second-order valence-corrected chi connectivity index (χ2v) is 7.24. The van der Waals surface area contributed by atoms with Crippen molar-refractivity contribution < 1.29 is 17.9 Å². The van der Waals surface area contributed by atoms with E-state index in [-0.39, 0.29) is 5.75 Å². The Morgan fingerprint density at radius 3 is 2.59 bits per heavy atom. The normalized spacial score (nSPS) is 13.6. The highest BCUT2D eigenvalue weighted by Crippen LogP contribution is 2.24. The van der Waals surface area contributed by atoms with Gasteiger partial charge >= 0.3 is 0 Å². The number of rotatable bonds is 5. The summed E-state index contributed by atoms with van der Waals surface area (Å²) in [6.45, 7) is 1.56. The quantitative estimate of drug-likeness (QED) is 0.837. The molecule has 0 aromatic heterocycles. The number of hydrogen-bond acceptors (Lipinski definition) is 4. The van der Waals surface area contributed by atoms with Gasteiger partial charge in [0.05, 0.1) is 11.9 Å². The Hall–Kier alpha value is -0.590. The lowest BCUT2D eigenvalue weighted by molar-refractivity contribution is 0.198. The molecule has 0 aliphatic rings. The van der Waals surface area contributed by atoms with Crippen LogP contribution in [0.25, 0.3) is 0 Å². The van der Waals surface area contributed by atoms with Gasteiger partial charge in [0.15, 0.2) is 0 Å². The fourth-order valence-corrected chi connectivity index (χ4v) is 3.32. The van der Waals surface area contributed by atoms with Gasteiger partial charge in [-0.3, -0.25) is 0 Å². The van der Waals surface area contributed by atoms with E-state index in [2.05, 4.69) is 0 Å². The van der Waals surface area contributed by atoms with Crippen LogP contribution in [0.2, 0.25) is 0 Å². The molecule has 0 aliphatic carbocycles. The van der Waals surface area contributed by atoms with Crippen molar-refractivity contribution in [3.8, 4) is 0 Å². The van der Waals surface area contributed by atoms with Crippen molar-refractivity contribution in [2.24, 2.45) is 0 Å². The molecule has 0 saturated heterocycles. The lowest BCUT2D eigenvalue weighted by Crippen LogP contribution is -2.05. The molecule has 6 heteroatoms. The summed E-state index contributed by atoms with van der Waals surface area (Å²) in [5.74, 6) is -0.0825. The fraction of sp³-hybridized carbons (Fsp3) is 0.455. The summed E-state index contributed by atoms with van der Waals surface area (Å²) in [6.07, 6.45) is 0.444. The van der Waals surface area contributed by atoms with E-state index in [1.165, 1.54) is 6.07 Å². The SMILES string of the molecule is CC(O)c1ccc(SCCS(C)(=O)=O)c(F)c1. The summed E-state index contributed by atoms with van der Waals surface area (Å²) in [5, 5.41) is 9.27. The van der Waals surface area contributed by atoms with Gasteiger partial charge in [0.1, 0.15) is 15.7 Å². The Kier molecular flexibility index (Phi) is 4.97. The third kappa shape index (κ3) is 5.06. The standard InChI is InChI=1S/C11H15FO3S2/c1-8(13)9-3-4-11(10(12)7-9)16-5-6-17(2,14)15/h3-4,7-8,13H,5-6H2,1-2H3. The summed E-state index contributed by atoms with van der Waals surface area (Å²) in [6, 6.07) is 4.47. The molecule has 0 bridgehead atoms. The zero-order valence-electron chi connectivity index (χ0n) is 9.68. The summed E-state index contributed by atoms with van der Waals surface area (Å²) in [7, 11) is -3.01. The van der Waals surface area contributed by atoms with Gasteiger partial charge in [-0.15, -0.1) is 11.8 Å². The number of hydrogen-bond donors (Lipinski definition) is 1. The zero-order chi connectivity index (χ0) is 13.1. The van der Waals surface area contributed by atoms with Crippen LogP contribution < -0.4 is 0 Å². The van der Waals surface area contributed by atoms with E-state index in [1.54, 1.807) is 19.1 Å². The minimum Gasteiger partial charge on any atom is -0.389 e. The van der Waals surface area contributed by atoms with Crippen LogP contribution in [-0.2, 0) is 9.84 Å². The maximum atomic E-state index is 13.5. The Morgan fingerprint density at radius 2 is 2.12 bits per heavy atom. The van der Waals surface area contributed by atoms with E-state index in [0.29, 0.717) is 16.2 Å². The van der Waals surface area contributed by atoms with Crippen LogP contribution in [0.4, 0.5) is 4.39 Å². The predicted octanol–water partition coefficient (Wildman–Crippen LogP) is 2.02. The first-order valence-electron chi connectivity index (χ1n) is 5.07. The highest BCUT2D eigenvalue weighted by Gasteiger charge is 2.09. The van der Waals surface area contributed by atoms with Crippen LogP contribution in [0, 0.1) is 5.82 Å². The molecule has 0 aliphatic heterocycles. The monoisotopic (exact) mass is 278 g/mol. The van der Waals surface area contributed by atoms with Gasteiger partial charge < -0.3 is 5.11 Å². The minimum absolute atomic E-state index is 0.0231. The minimum atomic E-state index is -3.01. The number of sulfone groups is 1. The Balaban J connectivity index is 2.67. The molecule has 1 rings (SSSR count). The molecule has 0 heterocycles. The van der Waals surface area contributed by atoms with Gasteiger partial charge in [0.25, 0.3) is 0 Å². The second kappa shape index (κ2) is 5.84.